The lowest BCUT2D eigenvalue weighted by atomic mass is 9.92. The molecule has 20 heavy (non-hydrogen) atoms. The Kier molecular flexibility index (Phi) is 4.58. The second kappa shape index (κ2) is 6.59. The zero-order chi connectivity index (χ0) is 13.8. The van der Waals surface area contributed by atoms with Gasteiger partial charge in [-0.25, -0.2) is 0 Å². The van der Waals surface area contributed by atoms with Gasteiger partial charge in [0, 0.05) is 25.0 Å². The van der Waals surface area contributed by atoms with Gasteiger partial charge in [0.1, 0.15) is 5.75 Å². The van der Waals surface area contributed by atoms with E-state index in [1.165, 1.54) is 31.5 Å². The summed E-state index contributed by atoms with van der Waals surface area (Å²) in [6.07, 6.45) is 3.81. The van der Waals surface area contributed by atoms with Crippen LogP contribution in [0.3, 0.4) is 0 Å². The zero-order valence-electron chi connectivity index (χ0n) is 12.5. The van der Waals surface area contributed by atoms with Crippen LogP contribution in [0.1, 0.15) is 37.7 Å². The number of hydrogen-bond acceptors (Lipinski definition) is 3. The molecule has 3 nitrogen and oxygen atoms in total. The molecule has 2 unspecified atom stereocenters. The molecule has 1 aromatic rings. The van der Waals surface area contributed by atoms with Gasteiger partial charge in [-0.3, -0.25) is 0 Å². The molecule has 0 aromatic heterocycles. The average molecular weight is 274 g/mol. The summed E-state index contributed by atoms with van der Waals surface area (Å²) in [5.41, 5.74) is 1.40. The fourth-order valence-electron chi connectivity index (χ4n) is 3.47. The summed E-state index contributed by atoms with van der Waals surface area (Å²) in [5.74, 6) is 1.72. The van der Waals surface area contributed by atoms with E-state index in [0.717, 1.165) is 31.9 Å². The summed E-state index contributed by atoms with van der Waals surface area (Å²) in [5, 5.41) is 3.61. The molecular formula is C17H26N2O. The molecule has 2 aliphatic rings. The summed E-state index contributed by atoms with van der Waals surface area (Å²) in [6, 6.07) is 9.25. The van der Waals surface area contributed by atoms with E-state index in [-0.39, 0.29) is 0 Å². The second-order valence-electron chi connectivity index (χ2n) is 6.02. The first-order chi connectivity index (χ1) is 9.86. The molecule has 2 atom stereocenters. The summed E-state index contributed by atoms with van der Waals surface area (Å²) in [4.78, 5) is 2.61. The van der Waals surface area contributed by atoms with Gasteiger partial charge in [0.05, 0.1) is 6.61 Å². The first-order valence-corrected chi connectivity index (χ1v) is 8.04. The Balaban J connectivity index is 1.64. The van der Waals surface area contributed by atoms with Crippen molar-refractivity contribution < 1.29 is 4.74 Å². The topological polar surface area (TPSA) is 24.5 Å². The molecule has 2 heterocycles. The van der Waals surface area contributed by atoms with Crippen molar-refractivity contribution in [3.63, 3.8) is 0 Å². The first kappa shape index (κ1) is 13.9. The fraction of sp³-hybridized carbons (Fsp3) is 0.647. The minimum Gasteiger partial charge on any atom is -0.493 e. The van der Waals surface area contributed by atoms with Crippen molar-refractivity contribution in [2.75, 3.05) is 32.8 Å². The number of ether oxygens (including phenoxy) is 1. The minimum absolute atomic E-state index is 0.626. The van der Waals surface area contributed by atoms with Crippen molar-refractivity contribution in [1.29, 1.82) is 0 Å². The summed E-state index contributed by atoms with van der Waals surface area (Å²) >= 11 is 0. The maximum absolute atomic E-state index is 5.77. The molecule has 1 aromatic carbocycles. The molecule has 3 heteroatoms. The number of fused-ring (bicyclic) bond motifs is 1. The number of para-hydroxylation sites is 1. The Hall–Kier alpha value is -1.06. The van der Waals surface area contributed by atoms with E-state index in [0.29, 0.717) is 12.0 Å². The predicted octanol–water partition coefficient (Wildman–Crippen LogP) is 2.63. The standard InChI is InChI=1S/C17H26N2O/c1-2-19(13-15-6-5-10-18-15)12-14-9-11-20-17-8-4-3-7-16(14)17/h3-4,7-8,14-15,18H,2,5-6,9-13H2,1H3. The van der Waals surface area contributed by atoms with Crippen LogP contribution in [0.4, 0.5) is 0 Å². The quantitative estimate of drug-likeness (QED) is 0.893. The lowest BCUT2D eigenvalue weighted by molar-refractivity contribution is 0.206. The highest BCUT2D eigenvalue weighted by molar-refractivity contribution is 5.37. The lowest BCUT2D eigenvalue weighted by Crippen LogP contribution is -2.40. The predicted molar refractivity (Wildman–Crippen MR) is 82.4 cm³/mol. The van der Waals surface area contributed by atoms with Gasteiger partial charge in [-0.1, -0.05) is 25.1 Å². The van der Waals surface area contributed by atoms with Gasteiger partial charge in [0.15, 0.2) is 0 Å². The van der Waals surface area contributed by atoms with E-state index in [2.05, 4.69) is 41.4 Å². The third-order valence-corrected chi connectivity index (χ3v) is 4.65. The molecule has 110 valence electrons. The van der Waals surface area contributed by atoms with E-state index < -0.39 is 0 Å². The van der Waals surface area contributed by atoms with E-state index in [4.69, 9.17) is 4.74 Å². The van der Waals surface area contributed by atoms with E-state index in [1.807, 2.05) is 0 Å². The Labute approximate surface area is 122 Å². The first-order valence-electron chi connectivity index (χ1n) is 8.04. The molecule has 0 amide bonds. The third kappa shape index (κ3) is 3.15. The van der Waals surface area contributed by atoms with Crippen LogP contribution in [-0.2, 0) is 0 Å². The van der Waals surface area contributed by atoms with E-state index >= 15 is 0 Å². The molecule has 2 aliphatic heterocycles. The van der Waals surface area contributed by atoms with Crippen LogP contribution in [0.2, 0.25) is 0 Å². The highest BCUT2D eigenvalue weighted by Gasteiger charge is 2.24. The van der Waals surface area contributed by atoms with Gasteiger partial charge in [-0.15, -0.1) is 0 Å². The maximum atomic E-state index is 5.77. The van der Waals surface area contributed by atoms with Gasteiger partial charge in [0.25, 0.3) is 0 Å². The molecule has 0 spiro atoms. The molecule has 1 N–H and O–H groups in total. The molecule has 0 aliphatic carbocycles. The third-order valence-electron chi connectivity index (χ3n) is 4.65. The highest BCUT2D eigenvalue weighted by Crippen LogP contribution is 2.33. The van der Waals surface area contributed by atoms with Gasteiger partial charge in [-0.05, 0) is 44.0 Å². The van der Waals surface area contributed by atoms with Gasteiger partial charge in [0.2, 0.25) is 0 Å². The smallest absolute Gasteiger partial charge is 0.122 e. The van der Waals surface area contributed by atoms with Crippen molar-refractivity contribution in [1.82, 2.24) is 10.2 Å². The van der Waals surface area contributed by atoms with Crippen LogP contribution in [0.25, 0.3) is 0 Å². The summed E-state index contributed by atoms with van der Waals surface area (Å²) < 4.78 is 5.77. The Morgan fingerprint density at radius 2 is 2.15 bits per heavy atom. The Morgan fingerprint density at radius 3 is 2.95 bits per heavy atom. The number of likely N-dealkylation sites (N-methyl/N-ethyl adjacent to an activating group) is 1. The van der Waals surface area contributed by atoms with Crippen molar-refractivity contribution >= 4 is 0 Å². The molecule has 0 bridgehead atoms. The molecule has 0 radical (unpaired) electrons. The monoisotopic (exact) mass is 274 g/mol. The SMILES string of the molecule is CCN(CC1CCCN1)CC1CCOc2ccccc21. The largest absolute Gasteiger partial charge is 0.493 e. The Morgan fingerprint density at radius 1 is 1.25 bits per heavy atom. The van der Waals surface area contributed by atoms with Crippen molar-refractivity contribution in [3.8, 4) is 5.75 Å². The zero-order valence-corrected chi connectivity index (χ0v) is 12.5. The summed E-state index contributed by atoms with van der Waals surface area (Å²) in [6.45, 7) is 7.83. The van der Waals surface area contributed by atoms with Crippen molar-refractivity contribution in [3.05, 3.63) is 29.8 Å². The van der Waals surface area contributed by atoms with Crippen LogP contribution in [0, 0.1) is 0 Å². The molecule has 0 saturated carbocycles. The van der Waals surface area contributed by atoms with E-state index in [1.54, 1.807) is 0 Å². The highest BCUT2D eigenvalue weighted by atomic mass is 16.5. The van der Waals surface area contributed by atoms with Crippen LogP contribution in [-0.4, -0.2) is 43.7 Å². The normalized spacial score (nSPS) is 25.5. The lowest BCUT2D eigenvalue weighted by Gasteiger charge is -2.32. The van der Waals surface area contributed by atoms with Gasteiger partial charge >= 0.3 is 0 Å². The number of rotatable bonds is 5. The van der Waals surface area contributed by atoms with Gasteiger partial charge in [-0.2, -0.15) is 0 Å². The van der Waals surface area contributed by atoms with Crippen LogP contribution in [0.5, 0.6) is 5.75 Å². The number of nitrogens with one attached hydrogen (secondary N) is 1. The summed E-state index contributed by atoms with van der Waals surface area (Å²) in [7, 11) is 0. The van der Waals surface area contributed by atoms with Gasteiger partial charge < -0.3 is 15.0 Å². The number of hydrogen-bond donors (Lipinski definition) is 1. The van der Waals surface area contributed by atoms with E-state index in [9.17, 15) is 0 Å². The average Bonchev–Trinajstić information content (AvgIpc) is 3.00. The van der Waals surface area contributed by atoms with Crippen LogP contribution < -0.4 is 10.1 Å². The maximum Gasteiger partial charge on any atom is 0.122 e. The van der Waals surface area contributed by atoms with Crippen molar-refractivity contribution in [2.45, 2.75) is 38.1 Å². The number of benzene rings is 1. The molecule has 3 rings (SSSR count). The Bertz CT molecular complexity index is 429. The minimum atomic E-state index is 0.626. The molecule has 1 fully saturated rings. The number of nitrogens with zero attached hydrogens (tertiary/aromatic N) is 1. The molecule has 1 saturated heterocycles. The van der Waals surface area contributed by atoms with Crippen LogP contribution >= 0.6 is 0 Å². The van der Waals surface area contributed by atoms with Crippen LogP contribution in [0.15, 0.2) is 24.3 Å². The fourth-order valence-corrected chi connectivity index (χ4v) is 3.47. The van der Waals surface area contributed by atoms with Crippen molar-refractivity contribution in [2.24, 2.45) is 0 Å². The second-order valence-corrected chi connectivity index (χ2v) is 6.02. The molecular weight excluding hydrogens is 248 g/mol.